The average molecular weight is 527 g/mol. The molecule has 1 aliphatic heterocycles. The molecule has 4 aromatic rings. The monoisotopic (exact) mass is 526 g/mol. The van der Waals surface area contributed by atoms with Gasteiger partial charge in [-0.15, -0.1) is 0 Å². The number of aromatic nitrogens is 6. The molecule has 3 aromatic heterocycles. The number of benzene rings is 1. The second-order valence-corrected chi connectivity index (χ2v) is 9.88. The summed E-state index contributed by atoms with van der Waals surface area (Å²) >= 11 is 6.00. The van der Waals surface area contributed by atoms with Crippen molar-refractivity contribution in [2.45, 2.75) is 50.7 Å². The Labute approximate surface area is 217 Å². The molecule has 192 valence electrons. The molecule has 6 rings (SSSR count). The lowest BCUT2D eigenvalue weighted by Crippen LogP contribution is -2.20. The maximum atomic E-state index is 15.1. The van der Waals surface area contributed by atoms with Gasteiger partial charge in [0.2, 0.25) is 5.88 Å². The number of hydrogen-bond acceptors (Lipinski definition) is 7. The number of halogens is 3. The lowest BCUT2D eigenvalue weighted by Gasteiger charge is -2.28. The number of rotatable bonds is 7. The van der Waals surface area contributed by atoms with E-state index in [0.29, 0.717) is 42.7 Å². The standard InChI is InChI=1S/C26H25ClF2N6O2/c1-14-26(37-9-7-28)33-23-22(19-5-2-17(27)11-20(19)29)32-24(34-25(23)31-14)15-6-8-36-21(10-15)16-12-30-35(13-16)18-3-4-18/h2,5,11-13,15,18,21H,3-4,6-10H2,1H3/t15-,21+/m1/s1. The van der Waals surface area contributed by atoms with Crippen molar-refractivity contribution < 1.29 is 18.3 Å². The van der Waals surface area contributed by atoms with Gasteiger partial charge in [-0.1, -0.05) is 11.6 Å². The van der Waals surface area contributed by atoms with Gasteiger partial charge in [-0.25, -0.2) is 28.7 Å². The first kappa shape index (κ1) is 24.1. The number of nitrogens with zero attached hydrogens (tertiary/aromatic N) is 6. The van der Waals surface area contributed by atoms with Gasteiger partial charge >= 0.3 is 0 Å². The molecule has 2 fully saturated rings. The van der Waals surface area contributed by atoms with Crippen molar-refractivity contribution in [1.29, 1.82) is 0 Å². The molecule has 4 heterocycles. The number of ether oxygens (including phenoxy) is 2. The van der Waals surface area contributed by atoms with Gasteiger partial charge in [-0.05, 0) is 50.8 Å². The topological polar surface area (TPSA) is 87.8 Å². The van der Waals surface area contributed by atoms with Crippen molar-refractivity contribution in [2.75, 3.05) is 19.9 Å². The molecule has 1 saturated heterocycles. The molecular weight excluding hydrogens is 502 g/mol. The zero-order valence-electron chi connectivity index (χ0n) is 20.2. The van der Waals surface area contributed by atoms with Crippen LogP contribution in [0.2, 0.25) is 5.02 Å². The van der Waals surface area contributed by atoms with E-state index in [1.165, 1.54) is 6.07 Å². The molecule has 0 radical (unpaired) electrons. The van der Waals surface area contributed by atoms with Crippen molar-refractivity contribution in [1.82, 2.24) is 29.7 Å². The summed E-state index contributed by atoms with van der Waals surface area (Å²) in [5.74, 6) is 0.136. The van der Waals surface area contributed by atoms with Gasteiger partial charge in [0.25, 0.3) is 0 Å². The maximum absolute atomic E-state index is 15.1. The molecule has 1 aliphatic carbocycles. The van der Waals surface area contributed by atoms with Crippen molar-refractivity contribution in [2.24, 2.45) is 0 Å². The van der Waals surface area contributed by atoms with Crippen LogP contribution >= 0.6 is 11.6 Å². The molecule has 11 heteroatoms. The highest BCUT2D eigenvalue weighted by molar-refractivity contribution is 6.30. The third-order valence-corrected chi connectivity index (χ3v) is 6.98. The second-order valence-electron chi connectivity index (χ2n) is 9.44. The minimum Gasteiger partial charge on any atom is -0.474 e. The van der Waals surface area contributed by atoms with E-state index in [1.807, 2.05) is 10.9 Å². The first-order valence-corrected chi connectivity index (χ1v) is 12.7. The zero-order chi connectivity index (χ0) is 25.5. The minimum atomic E-state index is -0.669. The van der Waals surface area contributed by atoms with E-state index in [2.05, 4.69) is 21.3 Å². The Morgan fingerprint density at radius 2 is 2.03 bits per heavy atom. The summed E-state index contributed by atoms with van der Waals surface area (Å²) in [5.41, 5.74) is 2.61. The van der Waals surface area contributed by atoms with Crippen LogP contribution in [0.15, 0.2) is 30.6 Å². The molecule has 0 bridgehead atoms. The Bertz CT molecular complexity index is 1460. The SMILES string of the molecule is Cc1nc2nc([C@@H]3CCO[C@H](c4cnn(C5CC5)c4)C3)nc(-c3ccc(Cl)cc3F)c2nc1OCCF. The lowest BCUT2D eigenvalue weighted by atomic mass is 9.92. The molecule has 37 heavy (non-hydrogen) atoms. The fourth-order valence-corrected chi connectivity index (χ4v) is 4.83. The Kier molecular flexibility index (Phi) is 6.46. The predicted octanol–water partition coefficient (Wildman–Crippen LogP) is 5.70. The third-order valence-electron chi connectivity index (χ3n) is 6.74. The van der Waals surface area contributed by atoms with Crippen molar-refractivity contribution >= 4 is 22.8 Å². The first-order chi connectivity index (χ1) is 18.0. The van der Waals surface area contributed by atoms with Gasteiger partial charge in [0, 0.05) is 34.9 Å². The fourth-order valence-electron chi connectivity index (χ4n) is 4.68. The molecule has 2 aliphatic rings. The maximum Gasteiger partial charge on any atom is 0.236 e. The summed E-state index contributed by atoms with van der Waals surface area (Å²) < 4.78 is 41.3. The van der Waals surface area contributed by atoms with E-state index < -0.39 is 12.5 Å². The van der Waals surface area contributed by atoms with Crippen molar-refractivity contribution in [3.05, 3.63) is 58.5 Å². The molecule has 8 nitrogen and oxygen atoms in total. The van der Waals surface area contributed by atoms with E-state index in [1.54, 1.807) is 19.1 Å². The smallest absolute Gasteiger partial charge is 0.236 e. The molecule has 0 N–H and O–H groups in total. The van der Waals surface area contributed by atoms with E-state index in [9.17, 15) is 4.39 Å². The van der Waals surface area contributed by atoms with Crippen LogP contribution in [-0.4, -0.2) is 49.6 Å². The van der Waals surface area contributed by atoms with Crippen LogP contribution in [0.5, 0.6) is 5.88 Å². The summed E-state index contributed by atoms with van der Waals surface area (Å²) in [4.78, 5) is 18.6. The second kappa shape index (κ2) is 9.90. The Morgan fingerprint density at radius 3 is 2.81 bits per heavy atom. The summed E-state index contributed by atoms with van der Waals surface area (Å²) in [6.45, 7) is 1.42. The van der Waals surface area contributed by atoms with Crippen molar-refractivity contribution in [3.63, 3.8) is 0 Å². The fraction of sp³-hybridized carbons (Fsp3) is 0.423. The number of aryl methyl sites for hydroxylation is 1. The van der Waals surface area contributed by atoms with Crippen molar-refractivity contribution in [3.8, 4) is 17.1 Å². The van der Waals surface area contributed by atoms with Crippen LogP contribution in [0.25, 0.3) is 22.4 Å². The van der Waals surface area contributed by atoms with Crippen LogP contribution in [0.4, 0.5) is 8.78 Å². The van der Waals surface area contributed by atoms with Crippen LogP contribution in [0.3, 0.4) is 0 Å². The van der Waals surface area contributed by atoms with Crippen LogP contribution in [0, 0.1) is 12.7 Å². The predicted molar refractivity (Wildman–Crippen MR) is 133 cm³/mol. The van der Waals surface area contributed by atoms with E-state index in [4.69, 9.17) is 31.0 Å². The van der Waals surface area contributed by atoms with E-state index in [-0.39, 0.29) is 46.3 Å². The van der Waals surface area contributed by atoms with E-state index >= 15 is 4.39 Å². The van der Waals surface area contributed by atoms with Crippen LogP contribution < -0.4 is 4.74 Å². The van der Waals surface area contributed by atoms with Gasteiger partial charge in [0.15, 0.2) is 5.65 Å². The highest BCUT2D eigenvalue weighted by atomic mass is 35.5. The van der Waals surface area contributed by atoms with Gasteiger partial charge in [0.05, 0.1) is 18.3 Å². The molecule has 1 saturated carbocycles. The van der Waals surface area contributed by atoms with Crippen LogP contribution in [-0.2, 0) is 4.74 Å². The van der Waals surface area contributed by atoms with Gasteiger partial charge < -0.3 is 9.47 Å². The van der Waals surface area contributed by atoms with Gasteiger partial charge in [-0.3, -0.25) is 4.68 Å². The third kappa shape index (κ3) is 4.87. The van der Waals surface area contributed by atoms with Crippen LogP contribution in [0.1, 0.15) is 60.8 Å². The normalized spacial score (nSPS) is 19.9. The van der Waals surface area contributed by atoms with Gasteiger partial charge in [0.1, 0.15) is 41.8 Å². The van der Waals surface area contributed by atoms with Gasteiger partial charge in [-0.2, -0.15) is 5.10 Å². The molecular formula is C26H25ClF2N6O2. The molecule has 2 atom stereocenters. The largest absolute Gasteiger partial charge is 0.474 e. The minimum absolute atomic E-state index is 0.0360. The molecule has 0 spiro atoms. The quantitative estimate of drug-likeness (QED) is 0.305. The number of hydrogen-bond donors (Lipinski definition) is 0. The number of fused-ring (bicyclic) bond motifs is 1. The molecule has 0 amide bonds. The summed E-state index contributed by atoms with van der Waals surface area (Å²) in [6, 6.07) is 4.88. The highest BCUT2D eigenvalue weighted by Crippen LogP contribution is 2.40. The molecule has 0 unspecified atom stereocenters. The Balaban J connectivity index is 1.41. The highest BCUT2D eigenvalue weighted by Gasteiger charge is 2.31. The summed E-state index contributed by atoms with van der Waals surface area (Å²) in [6.07, 6.45) is 7.49. The Hall–Kier alpha value is -3.24. The Morgan fingerprint density at radius 1 is 1.16 bits per heavy atom. The van der Waals surface area contributed by atoms with E-state index in [0.717, 1.165) is 18.4 Å². The summed E-state index contributed by atoms with van der Waals surface area (Å²) in [7, 11) is 0. The molecule has 1 aromatic carbocycles. The number of alkyl halides is 1. The summed E-state index contributed by atoms with van der Waals surface area (Å²) in [5, 5.41) is 4.77. The average Bonchev–Trinajstić information content (AvgIpc) is 3.63. The first-order valence-electron chi connectivity index (χ1n) is 12.4. The zero-order valence-corrected chi connectivity index (χ0v) is 21.0. The lowest BCUT2D eigenvalue weighted by molar-refractivity contribution is 0.00396.